The minimum absolute atomic E-state index is 0.294. The van der Waals surface area contributed by atoms with Gasteiger partial charge in [0.15, 0.2) is 0 Å². The number of anilines is 1. The molecule has 0 saturated heterocycles. The smallest absolute Gasteiger partial charge is 0.133 e. The van der Waals surface area contributed by atoms with Crippen LogP contribution in [0.3, 0.4) is 0 Å². The van der Waals surface area contributed by atoms with Gasteiger partial charge < -0.3 is 4.90 Å². The number of rotatable bonds is 7. The topological polar surface area (TPSA) is 34.0 Å². The lowest BCUT2D eigenvalue weighted by molar-refractivity contribution is 0.625. The third-order valence-electron chi connectivity index (χ3n) is 5.60. The van der Waals surface area contributed by atoms with Crippen molar-refractivity contribution in [1.29, 1.82) is 0 Å². The Labute approximate surface area is 207 Å². The molecule has 0 aliphatic heterocycles. The Balaban J connectivity index is 1.64. The number of halogens is 3. The number of nitrogens with zero attached hydrogens (tertiary/aromatic N) is 4. The van der Waals surface area contributed by atoms with Crippen molar-refractivity contribution in [3.8, 4) is 17.1 Å². The Hall–Kier alpha value is -4.03. The molecule has 0 bridgehead atoms. The van der Waals surface area contributed by atoms with Gasteiger partial charge in [0.25, 0.3) is 0 Å². The summed E-state index contributed by atoms with van der Waals surface area (Å²) in [6.07, 6.45) is 1.72. The van der Waals surface area contributed by atoms with Gasteiger partial charge in [-0.1, -0.05) is 54.1 Å². The fourth-order valence-corrected chi connectivity index (χ4v) is 4.09. The van der Waals surface area contributed by atoms with Crippen molar-refractivity contribution in [2.24, 2.45) is 0 Å². The van der Waals surface area contributed by atoms with Crippen molar-refractivity contribution in [1.82, 2.24) is 14.8 Å². The molecule has 0 fully saturated rings. The average Bonchev–Trinajstić information content (AvgIpc) is 3.32. The maximum atomic E-state index is 13.6. The molecule has 0 saturated carbocycles. The number of hydrogen-bond acceptors (Lipinski definition) is 3. The fourth-order valence-electron chi connectivity index (χ4n) is 3.88. The molecule has 0 radical (unpaired) electrons. The van der Waals surface area contributed by atoms with Crippen LogP contribution >= 0.6 is 11.6 Å². The monoisotopic (exact) mass is 486 g/mol. The quantitative estimate of drug-likeness (QED) is 0.246. The van der Waals surface area contributed by atoms with Crippen molar-refractivity contribution in [2.75, 3.05) is 4.90 Å². The summed E-state index contributed by atoms with van der Waals surface area (Å²) in [6.45, 7) is 0.935. The van der Waals surface area contributed by atoms with Gasteiger partial charge in [-0.15, -0.1) is 0 Å². The van der Waals surface area contributed by atoms with E-state index in [0.717, 1.165) is 28.3 Å². The summed E-state index contributed by atoms with van der Waals surface area (Å²) in [7, 11) is 0. The first-order valence-corrected chi connectivity index (χ1v) is 11.4. The van der Waals surface area contributed by atoms with Crippen molar-refractivity contribution < 1.29 is 8.78 Å². The largest absolute Gasteiger partial charge is 0.348 e. The first kappa shape index (κ1) is 22.7. The highest BCUT2D eigenvalue weighted by molar-refractivity contribution is 6.32. The molecule has 0 spiro atoms. The summed E-state index contributed by atoms with van der Waals surface area (Å²) < 4.78 is 28.9. The Kier molecular flexibility index (Phi) is 6.55. The van der Waals surface area contributed by atoms with Crippen LogP contribution in [0.5, 0.6) is 0 Å². The predicted octanol–water partition coefficient (Wildman–Crippen LogP) is 7.07. The summed E-state index contributed by atoms with van der Waals surface area (Å²) in [6, 6.07) is 27.9. The molecule has 0 aliphatic carbocycles. The van der Waals surface area contributed by atoms with Crippen LogP contribution in [0.1, 0.15) is 11.1 Å². The second-order valence-electron chi connectivity index (χ2n) is 8.07. The predicted molar refractivity (Wildman–Crippen MR) is 134 cm³/mol. The lowest BCUT2D eigenvalue weighted by Gasteiger charge is -2.26. The summed E-state index contributed by atoms with van der Waals surface area (Å²) >= 11 is 6.57. The third-order valence-corrected chi connectivity index (χ3v) is 5.92. The summed E-state index contributed by atoms with van der Waals surface area (Å²) in [5.41, 5.74) is 3.96. The van der Waals surface area contributed by atoms with Gasteiger partial charge in [0.1, 0.15) is 23.1 Å². The van der Waals surface area contributed by atoms with Crippen molar-refractivity contribution in [2.45, 2.75) is 13.1 Å². The molecule has 3 aromatic carbocycles. The average molecular weight is 487 g/mol. The van der Waals surface area contributed by atoms with Crippen molar-refractivity contribution in [3.05, 3.63) is 131 Å². The lowest BCUT2D eigenvalue weighted by Crippen LogP contribution is -2.25. The molecule has 174 valence electrons. The minimum atomic E-state index is -0.294. The zero-order valence-corrected chi connectivity index (χ0v) is 19.4. The number of pyridine rings is 1. The summed E-state index contributed by atoms with van der Waals surface area (Å²) in [4.78, 5) is 6.56. The Bertz CT molecular complexity index is 1370. The molecule has 7 heteroatoms. The van der Waals surface area contributed by atoms with E-state index in [1.165, 1.54) is 24.3 Å². The molecular weight excluding hydrogens is 466 g/mol. The SMILES string of the molecule is Fc1ccc(CN(Cc2ccc(F)cc2)c2cc(-c3ccccn3)nn2-c2ccccc2Cl)cc1. The first-order valence-electron chi connectivity index (χ1n) is 11.1. The zero-order chi connectivity index (χ0) is 24.2. The molecule has 0 atom stereocenters. The molecule has 35 heavy (non-hydrogen) atoms. The van der Waals surface area contributed by atoms with Crippen LogP contribution in [0.25, 0.3) is 17.1 Å². The van der Waals surface area contributed by atoms with Gasteiger partial charge in [-0.25, -0.2) is 13.5 Å². The third kappa shape index (κ3) is 5.23. The normalized spacial score (nSPS) is 10.9. The highest BCUT2D eigenvalue weighted by Gasteiger charge is 2.20. The van der Waals surface area contributed by atoms with Gasteiger partial charge >= 0.3 is 0 Å². The van der Waals surface area contributed by atoms with E-state index in [4.69, 9.17) is 16.7 Å². The fraction of sp³-hybridized carbons (Fsp3) is 0.0714. The van der Waals surface area contributed by atoms with Crippen LogP contribution in [0.4, 0.5) is 14.6 Å². The number of hydrogen-bond donors (Lipinski definition) is 0. The van der Waals surface area contributed by atoms with E-state index in [9.17, 15) is 8.78 Å². The van der Waals surface area contributed by atoms with E-state index < -0.39 is 0 Å². The van der Waals surface area contributed by atoms with E-state index in [2.05, 4.69) is 9.88 Å². The highest BCUT2D eigenvalue weighted by atomic mass is 35.5. The maximum Gasteiger partial charge on any atom is 0.133 e. The molecule has 5 rings (SSSR count). The summed E-state index contributed by atoms with van der Waals surface area (Å²) in [5, 5.41) is 5.40. The Morgan fingerprint density at radius 2 is 1.31 bits per heavy atom. The van der Waals surface area contributed by atoms with Gasteiger partial charge in [-0.3, -0.25) is 4.98 Å². The van der Waals surface area contributed by atoms with E-state index in [1.54, 1.807) is 35.1 Å². The van der Waals surface area contributed by atoms with Gasteiger partial charge in [0.05, 0.1) is 16.4 Å². The Morgan fingerprint density at radius 1 is 0.714 bits per heavy atom. The zero-order valence-electron chi connectivity index (χ0n) is 18.7. The van der Waals surface area contributed by atoms with Crippen LogP contribution in [0.15, 0.2) is 103 Å². The van der Waals surface area contributed by atoms with Crippen molar-refractivity contribution in [3.63, 3.8) is 0 Å². The van der Waals surface area contributed by atoms with E-state index in [0.29, 0.717) is 23.8 Å². The van der Waals surface area contributed by atoms with E-state index >= 15 is 0 Å². The maximum absolute atomic E-state index is 13.6. The van der Waals surface area contributed by atoms with E-state index in [1.807, 2.05) is 48.5 Å². The first-order chi connectivity index (χ1) is 17.1. The Morgan fingerprint density at radius 3 is 1.89 bits per heavy atom. The lowest BCUT2D eigenvalue weighted by atomic mass is 10.1. The van der Waals surface area contributed by atoms with Gasteiger partial charge in [-0.2, -0.15) is 5.10 Å². The van der Waals surface area contributed by atoms with Gasteiger partial charge in [0, 0.05) is 25.4 Å². The van der Waals surface area contributed by atoms with Crippen LogP contribution in [-0.4, -0.2) is 14.8 Å². The molecule has 2 heterocycles. The van der Waals surface area contributed by atoms with Gasteiger partial charge in [-0.05, 0) is 59.7 Å². The van der Waals surface area contributed by atoms with Crippen LogP contribution in [-0.2, 0) is 13.1 Å². The molecule has 0 unspecified atom stereocenters. The molecule has 4 nitrogen and oxygen atoms in total. The minimum Gasteiger partial charge on any atom is -0.348 e. The van der Waals surface area contributed by atoms with E-state index in [-0.39, 0.29) is 11.6 Å². The molecule has 5 aromatic rings. The van der Waals surface area contributed by atoms with Crippen molar-refractivity contribution >= 4 is 17.4 Å². The van der Waals surface area contributed by atoms with Crippen LogP contribution in [0, 0.1) is 11.6 Å². The standard InChI is InChI=1S/C28H21ClF2N4/c29-24-5-1-2-7-27(24)35-28(17-26(33-35)25-6-3-4-16-32-25)34(18-20-8-12-22(30)13-9-20)19-21-10-14-23(31)15-11-21/h1-17H,18-19H2. The van der Waals surface area contributed by atoms with Gasteiger partial charge in [0.2, 0.25) is 0 Å². The second-order valence-corrected chi connectivity index (χ2v) is 8.48. The summed E-state index contributed by atoms with van der Waals surface area (Å²) in [5.74, 6) is 0.183. The number of aromatic nitrogens is 3. The number of para-hydroxylation sites is 1. The van der Waals surface area contributed by atoms with Crippen LogP contribution < -0.4 is 4.90 Å². The number of benzene rings is 3. The molecule has 0 amide bonds. The second kappa shape index (κ2) is 10.1. The highest BCUT2D eigenvalue weighted by Crippen LogP contribution is 2.31. The molecule has 2 aromatic heterocycles. The molecule has 0 aliphatic rings. The molecular formula is C28H21ClF2N4. The van der Waals surface area contributed by atoms with Crippen LogP contribution in [0.2, 0.25) is 5.02 Å². The molecule has 0 N–H and O–H groups in total.